The standard InChI is InChI=1S/C20H21NO5/c1-3-4-14-7-10-17(18(11-14)24-2)25-13-19(22)26-12-15-5-8-16(9-6-15)20(21)23/h3-11H,12-13H2,1-2H3,(H2,21,23)/b4-3+. The SMILES string of the molecule is C/C=C/c1ccc(OCC(=O)OCc2ccc(C(N)=O)cc2)c(OC)c1. The van der Waals surface area contributed by atoms with E-state index in [1.54, 1.807) is 30.3 Å². The Bertz CT molecular complexity index is 796. The van der Waals surface area contributed by atoms with Crippen LogP contribution in [0.3, 0.4) is 0 Å². The number of hydrogen-bond donors (Lipinski definition) is 1. The summed E-state index contributed by atoms with van der Waals surface area (Å²) in [5.74, 6) is -0.0149. The van der Waals surface area contributed by atoms with E-state index in [0.29, 0.717) is 17.1 Å². The molecule has 0 heterocycles. The summed E-state index contributed by atoms with van der Waals surface area (Å²) in [6.07, 6.45) is 3.85. The average molecular weight is 355 g/mol. The van der Waals surface area contributed by atoms with Crippen LogP contribution in [0.2, 0.25) is 0 Å². The number of methoxy groups -OCH3 is 1. The molecule has 0 bridgehead atoms. The Labute approximate surface area is 152 Å². The predicted molar refractivity (Wildman–Crippen MR) is 98.0 cm³/mol. The summed E-state index contributed by atoms with van der Waals surface area (Å²) in [6.45, 7) is 1.77. The van der Waals surface area contributed by atoms with Crippen molar-refractivity contribution in [3.63, 3.8) is 0 Å². The zero-order valence-electron chi connectivity index (χ0n) is 14.7. The third-order valence-corrected chi connectivity index (χ3v) is 3.53. The van der Waals surface area contributed by atoms with E-state index in [2.05, 4.69) is 0 Å². The first-order valence-corrected chi connectivity index (χ1v) is 8.01. The molecule has 0 unspecified atom stereocenters. The Morgan fingerprint density at radius 3 is 2.42 bits per heavy atom. The molecule has 2 aromatic rings. The van der Waals surface area contributed by atoms with Gasteiger partial charge in [0.2, 0.25) is 5.91 Å². The molecule has 0 aromatic heterocycles. The highest BCUT2D eigenvalue weighted by Gasteiger charge is 2.09. The maximum Gasteiger partial charge on any atom is 0.344 e. The Morgan fingerprint density at radius 2 is 1.81 bits per heavy atom. The molecule has 0 aliphatic carbocycles. The second-order valence-electron chi connectivity index (χ2n) is 5.42. The molecule has 0 atom stereocenters. The largest absolute Gasteiger partial charge is 0.493 e. The number of carbonyl (C=O) groups excluding carboxylic acids is 2. The molecule has 2 rings (SSSR count). The van der Waals surface area contributed by atoms with E-state index in [1.807, 2.05) is 31.2 Å². The van der Waals surface area contributed by atoms with Gasteiger partial charge >= 0.3 is 5.97 Å². The van der Waals surface area contributed by atoms with Gasteiger partial charge in [0.05, 0.1) is 7.11 Å². The highest BCUT2D eigenvalue weighted by atomic mass is 16.6. The molecule has 6 heteroatoms. The van der Waals surface area contributed by atoms with Gasteiger partial charge in [-0.3, -0.25) is 4.79 Å². The number of rotatable bonds is 8. The fourth-order valence-electron chi connectivity index (χ4n) is 2.21. The summed E-state index contributed by atoms with van der Waals surface area (Å²) in [6, 6.07) is 11.9. The van der Waals surface area contributed by atoms with Gasteiger partial charge in [0.1, 0.15) is 6.61 Å². The zero-order valence-corrected chi connectivity index (χ0v) is 14.7. The number of ether oxygens (including phenoxy) is 3. The van der Waals surface area contributed by atoms with Gasteiger partial charge in [0.15, 0.2) is 18.1 Å². The summed E-state index contributed by atoms with van der Waals surface area (Å²) in [7, 11) is 1.54. The molecule has 0 spiro atoms. The molecule has 1 amide bonds. The highest BCUT2D eigenvalue weighted by Crippen LogP contribution is 2.28. The Hall–Kier alpha value is -3.28. The van der Waals surface area contributed by atoms with Crippen molar-refractivity contribution in [2.45, 2.75) is 13.5 Å². The van der Waals surface area contributed by atoms with Crippen LogP contribution in [0, 0.1) is 0 Å². The molecule has 2 N–H and O–H groups in total. The van der Waals surface area contributed by atoms with Gasteiger partial charge < -0.3 is 19.9 Å². The molecule has 0 aliphatic heterocycles. The van der Waals surface area contributed by atoms with Crippen LogP contribution < -0.4 is 15.2 Å². The number of nitrogens with two attached hydrogens (primary N) is 1. The molecule has 6 nitrogen and oxygen atoms in total. The van der Waals surface area contributed by atoms with Crippen molar-refractivity contribution in [1.82, 2.24) is 0 Å². The third kappa shape index (κ3) is 5.37. The van der Waals surface area contributed by atoms with Gasteiger partial charge in [0, 0.05) is 5.56 Å². The van der Waals surface area contributed by atoms with Gasteiger partial charge in [-0.05, 0) is 42.3 Å². The molecule has 0 saturated carbocycles. The van der Waals surface area contributed by atoms with Crippen molar-refractivity contribution in [3.8, 4) is 11.5 Å². The maximum atomic E-state index is 11.9. The van der Waals surface area contributed by atoms with Crippen LogP contribution in [0.5, 0.6) is 11.5 Å². The monoisotopic (exact) mass is 355 g/mol. The molecule has 2 aromatic carbocycles. The topological polar surface area (TPSA) is 87.9 Å². The molecular weight excluding hydrogens is 334 g/mol. The lowest BCUT2D eigenvalue weighted by molar-refractivity contribution is -0.147. The number of primary amides is 1. The fraction of sp³-hybridized carbons (Fsp3) is 0.200. The second kappa shape index (κ2) is 9.27. The van der Waals surface area contributed by atoms with Crippen LogP contribution in [0.25, 0.3) is 6.08 Å². The molecule has 136 valence electrons. The number of allylic oxidation sites excluding steroid dienone is 1. The molecule has 0 saturated heterocycles. The van der Waals surface area contributed by atoms with E-state index in [9.17, 15) is 9.59 Å². The smallest absolute Gasteiger partial charge is 0.344 e. The van der Waals surface area contributed by atoms with Gasteiger partial charge in [-0.2, -0.15) is 0 Å². The van der Waals surface area contributed by atoms with Crippen LogP contribution in [-0.2, 0) is 16.1 Å². The summed E-state index contributed by atoms with van der Waals surface area (Å²) in [5, 5.41) is 0. The second-order valence-corrected chi connectivity index (χ2v) is 5.42. The van der Waals surface area contributed by atoms with E-state index >= 15 is 0 Å². The number of carbonyl (C=O) groups is 2. The number of esters is 1. The van der Waals surface area contributed by atoms with E-state index in [0.717, 1.165) is 11.1 Å². The first-order chi connectivity index (χ1) is 12.5. The van der Waals surface area contributed by atoms with Gasteiger partial charge in [-0.1, -0.05) is 30.4 Å². The quantitative estimate of drug-likeness (QED) is 0.736. The van der Waals surface area contributed by atoms with Crippen molar-refractivity contribution in [2.24, 2.45) is 5.73 Å². The van der Waals surface area contributed by atoms with E-state index < -0.39 is 11.9 Å². The van der Waals surface area contributed by atoms with Gasteiger partial charge in [-0.25, -0.2) is 4.79 Å². The van der Waals surface area contributed by atoms with Crippen LogP contribution in [0.1, 0.15) is 28.4 Å². The van der Waals surface area contributed by atoms with Crippen LogP contribution in [-0.4, -0.2) is 25.6 Å². The highest BCUT2D eigenvalue weighted by molar-refractivity contribution is 5.92. The van der Waals surface area contributed by atoms with Crippen LogP contribution in [0.15, 0.2) is 48.5 Å². The molecule has 26 heavy (non-hydrogen) atoms. The lowest BCUT2D eigenvalue weighted by Crippen LogP contribution is -2.15. The van der Waals surface area contributed by atoms with Crippen molar-refractivity contribution >= 4 is 18.0 Å². The maximum absolute atomic E-state index is 11.9. The summed E-state index contributed by atoms with van der Waals surface area (Å²) < 4.78 is 15.9. The summed E-state index contributed by atoms with van der Waals surface area (Å²) in [5.41, 5.74) is 7.29. The lowest BCUT2D eigenvalue weighted by Gasteiger charge is -2.11. The molecule has 0 aliphatic rings. The number of hydrogen-bond acceptors (Lipinski definition) is 5. The van der Waals surface area contributed by atoms with Gasteiger partial charge in [-0.15, -0.1) is 0 Å². The first-order valence-electron chi connectivity index (χ1n) is 8.01. The minimum atomic E-state index is -0.511. The molecule has 0 radical (unpaired) electrons. The fourth-order valence-corrected chi connectivity index (χ4v) is 2.21. The zero-order chi connectivity index (χ0) is 18.9. The lowest BCUT2D eigenvalue weighted by atomic mass is 10.1. The number of amides is 1. The van der Waals surface area contributed by atoms with E-state index in [-0.39, 0.29) is 13.2 Å². The van der Waals surface area contributed by atoms with Crippen molar-refractivity contribution in [2.75, 3.05) is 13.7 Å². The molecular formula is C20H21NO5. The Kier molecular flexibility index (Phi) is 6.79. The summed E-state index contributed by atoms with van der Waals surface area (Å²) >= 11 is 0. The van der Waals surface area contributed by atoms with Crippen LogP contribution >= 0.6 is 0 Å². The van der Waals surface area contributed by atoms with E-state index in [4.69, 9.17) is 19.9 Å². The minimum absolute atomic E-state index is 0.0819. The van der Waals surface area contributed by atoms with Crippen molar-refractivity contribution in [1.29, 1.82) is 0 Å². The van der Waals surface area contributed by atoms with E-state index in [1.165, 1.54) is 7.11 Å². The van der Waals surface area contributed by atoms with Crippen molar-refractivity contribution < 1.29 is 23.8 Å². The minimum Gasteiger partial charge on any atom is -0.493 e. The van der Waals surface area contributed by atoms with Gasteiger partial charge in [0.25, 0.3) is 0 Å². The third-order valence-electron chi connectivity index (χ3n) is 3.53. The Balaban J connectivity index is 1.87. The first kappa shape index (κ1) is 19.1. The Morgan fingerprint density at radius 1 is 1.08 bits per heavy atom. The normalized spacial score (nSPS) is 10.5. The molecule has 0 fully saturated rings. The average Bonchev–Trinajstić information content (AvgIpc) is 2.65. The number of benzene rings is 2. The summed E-state index contributed by atoms with van der Waals surface area (Å²) in [4.78, 5) is 22.9. The van der Waals surface area contributed by atoms with Crippen LogP contribution in [0.4, 0.5) is 0 Å². The predicted octanol–water partition coefficient (Wildman–Crippen LogP) is 2.95. The van der Waals surface area contributed by atoms with Crippen molar-refractivity contribution in [3.05, 3.63) is 65.2 Å².